The van der Waals surface area contributed by atoms with Crippen molar-refractivity contribution in [3.8, 4) is 0 Å². The molecule has 0 unspecified atom stereocenters. The monoisotopic (exact) mass is 322 g/mol. The van der Waals surface area contributed by atoms with Gasteiger partial charge in [-0.05, 0) is 23.8 Å². The third kappa shape index (κ3) is 3.73. The predicted octanol–water partition coefficient (Wildman–Crippen LogP) is 0.351. The summed E-state index contributed by atoms with van der Waals surface area (Å²) in [7, 11) is -3.21. The molecule has 1 N–H and O–H groups in total. The van der Waals surface area contributed by atoms with Gasteiger partial charge in [-0.15, -0.1) is 0 Å². The number of rotatable bonds is 5. The van der Waals surface area contributed by atoms with Gasteiger partial charge in [-0.3, -0.25) is 9.59 Å². The van der Waals surface area contributed by atoms with E-state index in [9.17, 15) is 18.0 Å². The minimum absolute atomic E-state index is 0.111. The molecule has 1 aromatic rings. The molecule has 1 aliphatic rings. The van der Waals surface area contributed by atoms with Crippen LogP contribution in [0.2, 0.25) is 0 Å². The zero-order valence-corrected chi connectivity index (χ0v) is 13.1. The molecule has 1 aliphatic heterocycles. The molecule has 1 heterocycles. The fourth-order valence-corrected chi connectivity index (χ4v) is 2.77. The molecule has 0 aromatic heterocycles. The predicted molar refractivity (Wildman–Crippen MR) is 81.7 cm³/mol. The van der Waals surface area contributed by atoms with Gasteiger partial charge in [-0.2, -0.15) is 0 Å². The second-order valence-electron chi connectivity index (χ2n) is 5.28. The quantitative estimate of drug-likeness (QED) is 0.793. The summed E-state index contributed by atoms with van der Waals surface area (Å²) in [6, 6.07) is 6.38. The highest BCUT2D eigenvalue weighted by atomic mass is 32.2. The Bertz CT molecular complexity index is 689. The van der Waals surface area contributed by atoms with Gasteiger partial charge >= 0.3 is 0 Å². The van der Waals surface area contributed by atoms with Crippen LogP contribution in [0.5, 0.6) is 0 Å². The normalized spacial score (nSPS) is 15.0. The molecular formula is C15H18N2O4S. The van der Waals surface area contributed by atoms with Gasteiger partial charge < -0.3 is 10.2 Å². The van der Waals surface area contributed by atoms with Gasteiger partial charge in [0.05, 0.1) is 10.8 Å². The second-order valence-corrected chi connectivity index (χ2v) is 7.29. The van der Waals surface area contributed by atoms with E-state index in [1.807, 2.05) is 0 Å². The number of nitrogens with one attached hydrogen (secondary N) is 1. The van der Waals surface area contributed by atoms with E-state index >= 15 is 0 Å². The molecule has 2 rings (SSSR count). The first-order chi connectivity index (χ1) is 10.3. The van der Waals surface area contributed by atoms with Crippen molar-refractivity contribution in [1.82, 2.24) is 10.2 Å². The van der Waals surface area contributed by atoms with Gasteiger partial charge in [0.2, 0.25) is 11.8 Å². The molecule has 0 bridgehead atoms. The van der Waals surface area contributed by atoms with Crippen LogP contribution in [-0.4, -0.2) is 44.5 Å². The zero-order valence-electron chi connectivity index (χ0n) is 12.3. The highest BCUT2D eigenvalue weighted by molar-refractivity contribution is 7.90. The SMILES string of the molecule is C=CC(=O)N1CC(C(=O)NCc2ccc(S(C)(=O)=O)cc2)C1. The summed E-state index contributed by atoms with van der Waals surface area (Å²) in [6.45, 7) is 4.54. The lowest BCUT2D eigenvalue weighted by molar-refractivity contribution is -0.139. The highest BCUT2D eigenvalue weighted by Crippen LogP contribution is 2.16. The van der Waals surface area contributed by atoms with Crippen LogP contribution >= 0.6 is 0 Å². The van der Waals surface area contributed by atoms with Gasteiger partial charge in [0.25, 0.3) is 0 Å². The van der Waals surface area contributed by atoms with Crippen LogP contribution in [0, 0.1) is 5.92 Å². The van der Waals surface area contributed by atoms with E-state index in [0.29, 0.717) is 19.6 Å². The Hall–Kier alpha value is -2.15. The van der Waals surface area contributed by atoms with E-state index in [-0.39, 0.29) is 22.6 Å². The number of carbonyl (C=O) groups excluding carboxylic acids is 2. The molecule has 1 fully saturated rings. The molecule has 0 atom stereocenters. The minimum atomic E-state index is -3.21. The number of sulfone groups is 1. The van der Waals surface area contributed by atoms with Crippen LogP contribution in [0.4, 0.5) is 0 Å². The topological polar surface area (TPSA) is 83.6 Å². The second kappa shape index (κ2) is 6.31. The molecule has 0 spiro atoms. The van der Waals surface area contributed by atoms with E-state index in [1.54, 1.807) is 17.0 Å². The smallest absolute Gasteiger partial charge is 0.246 e. The lowest BCUT2D eigenvalue weighted by atomic mass is 9.99. The van der Waals surface area contributed by atoms with Gasteiger partial charge in [-0.25, -0.2) is 8.42 Å². The fraction of sp³-hybridized carbons (Fsp3) is 0.333. The molecule has 0 aliphatic carbocycles. The Morgan fingerprint density at radius 2 is 1.91 bits per heavy atom. The number of hydrogen-bond acceptors (Lipinski definition) is 4. The van der Waals surface area contributed by atoms with Gasteiger partial charge in [0.1, 0.15) is 0 Å². The van der Waals surface area contributed by atoms with Crippen LogP contribution in [0.3, 0.4) is 0 Å². The van der Waals surface area contributed by atoms with Crippen molar-refractivity contribution < 1.29 is 18.0 Å². The molecule has 0 radical (unpaired) electrons. The first kappa shape index (κ1) is 16.2. The largest absolute Gasteiger partial charge is 0.352 e. The summed E-state index contributed by atoms with van der Waals surface area (Å²) in [5, 5.41) is 2.78. The maximum absolute atomic E-state index is 11.9. The summed E-state index contributed by atoms with van der Waals surface area (Å²) in [5.74, 6) is -0.472. The van der Waals surface area contributed by atoms with Crippen molar-refractivity contribution in [2.24, 2.45) is 5.92 Å². The number of benzene rings is 1. The first-order valence-electron chi connectivity index (χ1n) is 6.79. The zero-order chi connectivity index (χ0) is 16.3. The molecule has 0 saturated carbocycles. The Labute approximate surface area is 129 Å². The lowest BCUT2D eigenvalue weighted by Crippen LogP contribution is -2.55. The number of nitrogens with zero attached hydrogens (tertiary/aromatic N) is 1. The van der Waals surface area contributed by atoms with Crippen molar-refractivity contribution in [2.75, 3.05) is 19.3 Å². The van der Waals surface area contributed by atoms with E-state index in [1.165, 1.54) is 18.2 Å². The van der Waals surface area contributed by atoms with Crippen LogP contribution in [0.1, 0.15) is 5.56 Å². The standard InChI is InChI=1S/C15H18N2O4S/c1-3-14(18)17-9-12(10-17)15(19)16-8-11-4-6-13(7-5-11)22(2,20)21/h3-7,12H,1,8-10H2,2H3,(H,16,19). The Balaban J connectivity index is 1.83. The van der Waals surface area contributed by atoms with E-state index < -0.39 is 9.84 Å². The summed E-state index contributed by atoms with van der Waals surface area (Å²) >= 11 is 0. The number of carbonyl (C=O) groups is 2. The van der Waals surface area contributed by atoms with Gasteiger partial charge in [0, 0.05) is 25.9 Å². The van der Waals surface area contributed by atoms with Crippen molar-refractivity contribution in [3.05, 3.63) is 42.5 Å². The summed E-state index contributed by atoms with van der Waals surface area (Å²) in [4.78, 5) is 25.0. The van der Waals surface area contributed by atoms with E-state index in [2.05, 4.69) is 11.9 Å². The minimum Gasteiger partial charge on any atom is -0.352 e. The van der Waals surface area contributed by atoms with Crippen molar-refractivity contribution in [2.45, 2.75) is 11.4 Å². The lowest BCUT2D eigenvalue weighted by Gasteiger charge is -2.37. The third-order valence-corrected chi connectivity index (χ3v) is 4.69. The molecule has 2 amide bonds. The summed E-state index contributed by atoms with van der Waals surface area (Å²) in [5.41, 5.74) is 0.819. The van der Waals surface area contributed by atoms with Crippen molar-refractivity contribution in [1.29, 1.82) is 0 Å². The molecule has 118 valence electrons. The first-order valence-corrected chi connectivity index (χ1v) is 8.68. The van der Waals surface area contributed by atoms with Crippen LogP contribution in [-0.2, 0) is 26.0 Å². The Morgan fingerprint density at radius 1 is 1.32 bits per heavy atom. The van der Waals surface area contributed by atoms with Crippen LogP contribution < -0.4 is 5.32 Å². The molecule has 1 aromatic carbocycles. The summed E-state index contributed by atoms with van der Waals surface area (Å²) < 4.78 is 22.7. The third-order valence-electron chi connectivity index (χ3n) is 3.56. The van der Waals surface area contributed by atoms with Crippen molar-refractivity contribution >= 4 is 21.7 Å². The Kier molecular flexibility index (Phi) is 4.65. The van der Waals surface area contributed by atoms with Gasteiger partial charge in [0.15, 0.2) is 9.84 Å². The number of hydrogen-bond donors (Lipinski definition) is 1. The number of amides is 2. The van der Waals surface area contributed by atoms with E-state index in [0.717, 1.165) is 11.8 Å². The van der Waals surface area contributed by atoms with Gasteiger partial charge in [-0.1, -0.05) is 18.7 Å². The maximum atomic E-state index is 11.9. The molecule has 7 heteroatoms. The fourth-order valence-electron chi connectivity index (χ4n) is 2.14. The number of likely N-dealkylation sites (tertiary alicyclic amines) is 1. The molecule has 6 nitrogen and oxygen atoms in total. The average molecular weight is 322 g/mol. The van der Waals surface area contributed by atoms with E-state index in [4.69, 9.17) is 0 Å². The Morgan fingerprint density at radius 3 is 2.41 bits per heavy atom. The summed E-state index contributed by atoms with van der Waals surface area (Å²) in [6.07, 6.45) is 2.38. The van der Waals surface area contributed by atoms with Crippen molar-refractivity contribution in [3.63, 3.8) is 0 Å². The molecule has 1 saturated heterocycles. The maximum Gasteiger partial charge on any atom is 0.246 e. The average Bonchev–Trinajstić information content (AvgIpc) is 2.42. The van der Waals surface area contributed by atoms with Crippen LogP contribution in [0.15, 0.2) is 41.8 Å². The molecular weight excluding hydrogens is 304 g/mol. The molecule has 22 heavy (non-hydrogen) atoms. The van der Waals surface area contributed by atoms with Crippen LogP contribution in [0.25, 0.3) is 0 Å². The highest BCUT2D eigenvalue weighted by Gasteiger charge is 2.34.